The van der Waals surface area contributed by atoms with E-state index >= 15 is 0 Å². The zero-order valence-corrected chi connectivity index (χ0v) is 13.8. The first-order chi connectivity index (χ1) is 11.2. The van der Waals surface area contributed by atoms with E-state index in [-0.39, 0.29) is 12.3 Å². The molecule has 0 aliphatic carbocycles. The van der Waals surface area contributed by atoms with Crippen LogP contribution < -0.4 is 14.6 Å². The van der Waals surface area contributed by atoms with Gasteiger partial charge in [0.2, 0.25) is 0 Å². The Bertz CT molecular complexity index is 626. The van der Waals surface area contributed by atoms with Crippen molar-refractivity contribution in [2.75, 3.05) is 18.5 Å². The van der Waals surface area contributed by atoms with Crippen molar-refractivity contribution < 1.29 is 14.1 Å². The molecule has 0 aliphatic heterocycles. The Morgan fingerprint density at radius 2 is 2.04 bits per heavy atom. The third-order valence-corrected chi connectivity index (χ3v) is 3.44. The van der Waals surface area contributed by atoms with Gasteiger partial charge in [-0.3, -0.25) is 10.1 Å². The number of aromatic nitrogens is 2. The molecule has 1 aromatic heterocycles. The molecule has 0 bridgehead atoms. The number of anilines is 1. The van der Waals surface area contributed by atoms with E-state index in [1.54, 1.807) is 18.3 Å². The van der Waals surface area contributed by atoms with Crippen LogP contribution in [0.3, 0.4) is 0 Å². The summed E-state index contributed by atoms with van der Waals surface area (Å²) in [5, 5.41) is 3.28. The van der Waals surface area contributed by atoms with Crippen molar-refractivity contribution in [1.82, 2.24) is 4.98 Å². The molecule has 0 fully saturated rings. The van der Waals surface area contributed by atoms with E-state index in [1.807, 2.05) is 35.9 Å². The summed E-state index contributed by atoms with van der Waals surface area (Å²) in [6, 6.07) is 9.08. The zero-order valence-electron chi connectivity index (χ0n) is 13.8. The van der Waals surface area contributed by atoms with E-state index in [2.05, 4.69) is 17.2 Å². The van der Waals surface area contributed by atoms with E-state index in [0.717, 1.165) is 31.1 Å². The first-order valence-corrected chi connectivity index (χ1v) is 8.09. The van der Waals surface area contributed by atoms with Crippen LogP contribution in [0.15, 0.2) is 42.7 Å². The highest BCUT2D eigenvalue weighted by molar-refractivity contribution is 5.95. The lowest BCUT2D eigenvalue weighted by atomic mass is 10.1. The zero-order chi connectivity index (χ0) is 16.5. The Kier molecular flexibility index (Phi) is 6.54. The quantitative estimate of drug-likeness (QED) is 0.439. The molecule has 0 spiro atoms. The van der Waals surface area contributed by atoms with Crippen LogP contribution >= 0.6 is 0 Å². The van der Waals surface area contributed by atoms with E-state index in [4.69, 9.17) is 4.74 Å². The number of rotatable bonds is 9. The number of nitrogens with zero attached hydrogens (tertiary/aromatic N) is 2. The molecule has 0 radical (unpaired) electrons. The smallest absolute Gasteiger partial charge is 0.391 e. The third-order valence-electron chi connectivity index (χ3n) is 3.44. The van der Waals surface area contributed by atoms with Gasteiger partial charge in [0.15, 0.2) is 5.78 Å². The maximum atomic E-state index is 12.4. The maximum absolute atomic E-state index is 12.4. The SMILES string of the molecule is CCCCNc1nccc[n+]1CC(=O)c1ccc(OCC)cc1. The Hall–Kier alpha value is -2.43. The molecule has 5 heteroatoms. The number of Topliss-reactive ketones (excluding diaryl/α,β-unsaturated/α-hetero) is 1. The molecular formula is C18H24N3O2+. The molecule has 0 aliphatic rings. The highest BCUT2D eigenvalue weighted by Crippen LogP contribution is 2.12. The first kappa shape index (κ1) is 16.9. The number of carbonyl (C=O) groups excluding carboxylic acids is 1. The second-order valence-electron chi connectivity index (χ2n) is 5.23. The summed E-state index contributed by atoms with van der Waals surface area (Å²) in [5.41, 5.74) is 0.671. The molecule has 0 atom stereocenters. The van der Waals surface area contributed by atoms with Crippen molar-refractivity contribution in [3.8, 4) is 5.75 Å². The number of nitrogens with one attached hydrogen (secondary N) is 1. The Balaban J connectivity index is 2.04. The predicted octanol–water partition coefficient (Wildman–Crippen LogP) is 2.86. The molecule has 0 saturated carbocycles. The molecule has 2 aromatic rings. The Morgan fingerprint density at radius 3 is 2.74 bits per heavy atom. The van der Waals surface area contributed by atoms with Crippen molar-refractivity contribution in [3.63, 3.8) is 0 Å². The van der Waals surface area contributed by atoms with Crippen LogP contribution in [-0.4, -0.2) is 23.9 Å². The molecule has 122 valence electrons. The minimum Gasteiger partial charge on any atom is -0.494 e. The van der Waals surface area contributed by atoms with Crippen LogP contribution in [0.5, 0.6) is 5.75 Å². The summed E-state index contributed by atoms with van der Waals surface area (Å²) in [6.45, 7) is 5.81. The fourth-order valence-electron chi connectivity index (χ4n) is 2.20. The summed E-state index contributed by atoms with van der Waals surface area (Å²) >= 11 is 0. The monoisotopic (exact) mass is 314 g/mol. The van der Waals surface area contributed by atoms with Gasteiger partial charge in [0.1, 0.15) is 18.5 Å². The predicted molar refractivity (Wildman–Crippen MR) is 89.8 cm³/mol. The van der Waals surface area contributed by atoms with Crippen molar-refractivity contribution in [3.05, 3.63) is 48.3 Å². The van der Waals surface area contributed by atoms with Crippen LogP contribution in [-0.2, 0) is 6.54 Å². The standard InChI is InChI=1S/C18H23N3O2/c1-3-5-11-19-18-20-12-6-13-21(18)14-17(22)15-7-9-16(10-8-15)23-4-2/h6-10,12-13H,3-5,11,14H2,1-2H3/p+1. The molecule has 1 N–H and O–H groups in total. The largest absolute Gasteiger partial charge is 0.494 e. The average Bonchev–Trinajstić information content (AvgIpc) is 2.57. The van der Waals surface area contributed by atoms with Crippen LogP contribution in [0, 0.1) is 0 Å². The number of hydrogen-bond donors (Lipinski definition) is 1. The van der Waals surface area contributed by atoms with Gasteiger partial charge in [-0.05, 0) is 37.6 Å². The first-order valence-electron chi connectivity index (χ1n) is 8.09. The van der Waals surface area contributed by atoms with E-state index in [1.165, 1.54) is 0 Å². The molecule has 2 rings (SSSR count). The lowest BCUT2D eigenvalue weighted by Gasteiger charge is -2.07. The molecule has 0 unspecified atom stereocenters. The summed E-state index contributed by atoms with van der Waals surface area (Å²) in [5.74, 6) is 1.55. The second kappa shape index (κ2) is 8.88. The average molecular weight is 314 g/mol. The number of hydrogen-bond acceptors (Lipinski definition) is 4. The third kappa shape index (κ3) is 5.06. The summed E-state index contributed by atoms with van der Waals surface area (Å²) in [6.07, 6.45) is 5.79. The van der Waals surface area contributed by atoms with Gasteiger partial charge in [-0.1, -0.05) is 18.3 Å². The molecule has 0 saturated heterocycles. The topological polar surface area (TPSA) is 55.1 Å². The molecule has 5 nitrogen and oxygen atoms in total. The lowest BCUT2D eigenvalue weighted by molar-refractivity contribution is -0.671. The highest BCUT2D eigenvalue weighted by atomic mass is 16.5. The number of unbranched alkanes of at least 4 members (excludes halogenated alkanes) is 1. The summed E-state index contributed by atoms with van der Waals surface area (Å²) < 4.78 is 7.24. The van der Waals surface area contributed by atoms with Gasteiger partial charge in [0.05, 0.1) is 19.3 Å². The van der Waals surface area contributed by atoms with Crippen LogP contribution in [0.2, 0.25) is 0 Å². The van der Waals surface area contributed by atoms with E-state index in [0.29, 0.717) is 12.2 Å². The lowest BCUT2D eigenvalue weighted by Crippen LogP contribution is -2.41. The minimum absolute atomic E-state index is 0.0459. The van der Waals surface area contributed by atoms with Gasteiger partial charge in [0, 0.05) is 11.6 Å². The Labute approximate surface area is 137 Å². The maximum Gasteiger partial charge on any atom is 0.391 e. The van der Waals surface area contributed by atoms with Crippen LogP contribution in [0.25, 0.3) is 0 Å². The van der Waals surface area contributed by atoms with Crippen LogP contribution in [0.1, 0.15) is 37.0 Å². The highest BCUT2D eigenvalue weighted by Gasteiger charge is 2.14. The van der Waals surface area contributed by atoms with Crippen molar-refractivity contribution >= 4 is 11.7 Å². The normalized spacial score (nSPS) is 10.3. The van der Waals surface area contributed by atoms with E-state index in [9.17, 15) is 4.79 Å². The fraction of sp³-hybridized carbons (Fsp3) is 0.389. The van der Waals surface area contributed by atoms with Gasteiger partial charge in [-0.25, -0.2) is 4.57 Å². The molecule has 1 aromatic carbocycles. The second-order valence-corrected chi connectivity index (χ2v) is 5.23. The minimum atomic E-state index is 0.0459. The van der Waals surface area contributed by atoms with Gasteiger partial charge in [-0.2, -0.15) is 0 Å². The van der Waals surface area contributed by atoms with Crippen molar-refractivity contribution in [2.24, 2.45) is 0 Å². The number of ketones is 1. The Morgan fingerprint density at radius 1 is 1.26 bits per heavy atom. The van der Waals surface area contributed by atoms with Crippen molar-refractivity contribution in [2.45, 2.75) is 33.2 Å². The van der Waals surface area contributed by atoms with E-state index < -0.39 is 0 Å². The number of ether oxygens (including phenoxy) is 1. The molecule has 1 heterocycles. The summed E-state index contributed by atoms with van der Waals surface area (Å²) in [4.78, 5) is 16.8. The van der Waals surface area contributed by atoms with Crippen molar-refractivity contribution in [1.29, 1.82) is 0 Å². The molecule has 0 amide bonds. The fourth-order valence-corrected chi connectivity index (χ4v) is 2.20. The van der Waals surface area contributed by atoms with Crippen LogP contribution in [0.4, 0.5) is 5.95 Å². The van der Waals surface area contributed by atoms with Gasteiger partial charge >= 0.3 is 5.95 Å². The summed E-state index contributed by atoms with van der Waals surface area (Å²) in [7, 11) is 0. The molecular weight excluding hydrogens is 290 g/mol. The number of carbonyl (C=O) groups is 1. The van der Waals surface area contributed by atoms with Gasteiger partial charge in [0.25, 0.3) is 0 Å². The number of benzene rings is 1. The van der Waals surface area contributed by atoms with Gasteiger partial charge < -0.3 is 4.74 Å². The van der Waals surface area contributed by atoms with Gasteiger partial charge in [-0.15, -0.1) is 0 Å². The molecule has 23 heavy (non-hydrogen) atoms.